The minimum Gasteiger partial charge on any atom is -0.473 e. The lowest BCUT2D eigenvalue weighted by atomic mass is 9.89. The van der Waals surface area contributed by atoms with E-state index in [0.717, 1.165) is 22.3 Å². The van der Waals surface area contributed by atoms with Crippen LogP contribution in [0, 0.1) is 0 Å². The molecule has 2 aliphatic rings. The molecule has 0 fully saturated rings. The molecule has 3 nitrogen and oxygen atoms in total. The van der Waals surface area contributed by atoms with Gasteiger partial charge in [-0.2, -0.15) is 0 Å². The molecule has 0 amide bonds. The van der Waals surface area contributed by atoms with E-state index in [-0.39, 0.29) is 0 Å². The lowest BCUT2D eigenvalue weighted by Crippen LogP contribution is -2.38. The van der Waals surface area contributed by atoms with E-state index >= 15 is 0 Å². The Morgan fingerprint density at radius 2 is 1.89 bits per heavy atom. The number of nitrogens with one attached hydrogen (secondary N) is 1. The summed E-state index contributed by atoms with van der Waals surface area (Å²) in [5.41, 5.74) is 1.60. The molecule has 4 rings (SSSR count). The summed E-state index contributed by atoms with van der Waals surface area (Å²) in [6.07, 6.45) is 11.2. The molecule has 1 aromatic heterocycles. The molecule has 0 saturated heterocycles. The largest absolute Gasteiger partial charge is 0.473 e. The molecular formula is C15H11NO2. The Bertz CT molecular complexity index is 694. The number of hydrogen-bond acceptors (Lipinski definition) is 3. The molecule has 1 spiro atoms. The van der Waals surface area contributed by atoms with Crippen molar-refractivity contribution >= 4 is 17.0 Å². The van der Waals surface area contributed by atoms with Gasteiger partial charge in [0, 0.05) is 10.9 Å². The van der Waals surface area contributed by atoms with Crippen molar-refractivity contribution < 1.29 is 9.15 Å². The van der Waals surface area contributed by atoms with E-state index < -0.39 is 5.54 Å². The van der Waals surface area contributed by atoms with E-state index in [1.54, 1.807) is 12.5 Å². The molecule has 0 unspecified atom stereocenters. The van der Waals surface area contributed by atoms with Crippen LogP contribution in [0.4, 0.5) is 0 Å². The fraction of sp³-hybridized carbons (Fsp3) is 0.0667. The molecule has 0 saturated carbocycles. The van der Waals surface area contributed by atoms with Crippen LogP contribution in [0.2, 0.25) is 0 Å². The number of rotatable bonds is 0. The molecule has 18 heavy (non-hydrogen) atoms. The Morgan fingerprint density at radius 3 is 2.78 bits per heavy atom. The van der Waals surface area contributed by atoms with Crippen LogP contribution in [0.3, 0.4) is 0 Å². The maximum Gasteiger partial charge on any atom is 0.146 e. The van der Waals surface area contributed by atoms with Crippen molar-refractivity contribution in [2.24, 2.45) is 0 Å². The van der Waals surface area contributed by atoms with Gasteiger partial charge >= 0.3 is 0 Å². The summed E-state index contributed by atoms with van der Waals surface area (Å²) >= 11 is 0. The van der Waals surface area contributed by atoms with E-state index in [4.69, 9.17) is 9.15 Å². The number of ether oxygens (including phenoxy) is 1. The van der Waals surface area contributed by atoms with Crippen LogP contribution in [0.5, 0.6) is 0 Å². The molecule has 88 valence electrons. The second-order valence-electron chi connectivity index (χ2n) is 4.43. The third-order valence-electron chi connectivity index (χ3n) is 3.40. The third kappa shape index (κ3) is 1.13. The van der Waals surface area contributed by atoms with Crippen molar-refractivity contribution in [3.05, 3.63) is 66.5 Å². The zero-order valence-electron chi connectivity index (χ0n) is 9.59. The van der Waals surface area contributed by atoms with E-state index in [2.05, 4.69) is 11.4 Å². The summed E-state index contributed by atoms with van der Waals surface area (Å²) in [5, 5.41) is 4.46. The number of fused-ring (bicyclic) bond motifs is 4. The Balaban J connectivity index is 2.05. The van der Waals surface area contributed by atoms with Crippen molar-refractivity contribution in [3.8, 4) is 0 Å². The highest BCUT2D eigenvalue weighted by Gasteiger charge is 2.36. The molecule has 3 heteroatoms. The molecule has 1 aromatic carbocycles. The molecule has 0 atom stereocenters. The van der Waals surface area contributed by atoms with Gasteiger partial charge in [0.1, 0.15) is 16.9 Å². The van der Waals surface area contributed by atoms with Gasteiger partial charge in [-0.1, -0.05) is 18.2 Å². The highest BCUT2D eigenvalue weighted by Crippen LogP contribution is 2.39. The summed E-state index contributed by atoms with van der Waals surface area (Å²) < 4.78 is 11.1. The maximum atomic E-state index is 6.01. The molecule has 0 bridgehead atoms. The van der Waals surface area contributed by atoms with Gasteiger partial charge in [0.25, 0.3) is 0 Å². The number of benzene rings is 1. The zero-order chi connectivity index (χ0) is 12.0. The van der Waals surface area contributed by atoms with Gasteiger partial charge in [-0.05, 0) is 30.5 Å². The summed E-state index contributed by atoms with van der Waals surface area (Å²) in [6, 6.07) is 8.07. The van der Waals surface area contributed by atoms with Gasteiger partial charge in [-0.25, -0.2) is 0 Å². The van der Waals surface area contributed by atoms with Crippen LogP contribution >= 0.6 is 0 Å². The molecule has 1 N–H and O–H groups in total. The topological polar surface area (TPSA) is 34.4 Å². The van der Waals surface area contributed by atoms with Crippen molar-refractivity contribution in [2.45, 2.75) is 5.54 Å². The highest BCUT2D eigenvalue weighted by molar-refractivity contribution is 5.89. The summed E-state index contributed by atoms with van der Waals surface area (Å²) in [4.78, 5) is 0. The van der Waals surface area contributed by atoms with Crippen LogP contribution < -0.4 is 5.32 Å². The molecule has 2 aliphatic heterocycles. The van der Waals surface area contributed by atoms with Crippen molar-refractivity contribution in [1.82, 2.24) is 5.32 Å². The van der Waals surface area contributed by atoms with Gasteiger partial charge in [0.15, 0.2) is 0 Å². The second-order valence-corrected chi connectivity index (χ2v) is 4.43. The standard InChI is InChI=1S/C15H11NO2/c1-2-4-13-11(3-1)12-5-8-16-15(14(12)18-13)6-9-17-10-7-15/h1-10,16H. The van der Waals surface area contributed by atoms with Crippen molar-refractivity contribution in [3.63, 3.8) is 0 Å². The lowest BCUT2D eigenvalue weighted by Gasteiger charge is -2.30. The van der Waals surface area contributed by atoms with E-state index in [0.29, 0.717) is 0 Å². The van der Waals surface area contributed by atoms with Gasteiger partial charge in [0.2, 0.25) is 0 Å². The number of para-hydroxylation sites is 1. The summed E-state index contributed by atoms with van der Waals surface area (Å²) in [5.74, 6) is 0.905. The van der Waals surface area contributed by atoms with E-state index in [9.17, 15) is 0 Å². The lowest BCUT2D eigenvalue weighted by molar-refractivity contribution is 0.348. The number of furan rings is 1. The van der Waals surface area contributed by atoms with Gasteiger partial charge in [-0.3, -0.25) is 0 Å². The first-order valence-corrected chi connectivity index (χ1v) is 5.86. The first-order chi connectivity index (χ1) is 8.89. The second kappa shape index (κ2) is 3.29. The Morgan fingerprint density at radius 1 is 1.06 bits per heavy atom. The fourth-order valence-corrected chi connectivity index (χ4v) is 2.51. The first kappa shape index (κ1) is 9.59. The minimum absolute atomic E-state index is 0.429. The van der Waals surface area contributed by atoms with Crippen LogP contribution in [0.25, 0.3) is 17.0 Å². The van der Waals surface area contributed by atoms with Gasteiger partial charge in [-0.15, -0.1) is 0 Å². The number of hydrogen-bond donors (Lipinski definition) is 1. The SMILES string of the molecule is C1=Cc2c(oc3ccccc23)C2(C=COC=C2)N1. The summed E-state index contributed by atoms with van der Waals surface area (Å²) in [6.45, 7) is 0. The Kier molecular flexibility index (Phi) is 1.75. The normalized spacial score (nSPS) is 18.7. The average Bonchev–Trinajstić information content (AvgIpc) is 2.81. The van der Waals surface area contributed by atoms with Crippen LogP contribution in [0.1, 0.15) is 11.3 Å². The van der Waals surface area contributed by atoms with Gasteiger partial charge < -0.3 is 14.5 Å². The molecule has 0 aliphatic carbocycles. The molecular weight excluding hydrogens is 226 g/mol. The first-order valence-electron chi connectivity index (χ1n) is 5.86. The predicted octanol–water partition coefficient (Wildman–Crippen LogP) is 3.26. The van der Waals surface area contributed by atoms with Gasteiger partial charge in [0.05, 0.1) is 12.5 Å². The zero-order valence-corrected chi connectivity index (χ0v) is 9.59. The average molecular weight is 237 g/mol. The Hall–Kier alpha value is -2.42. The van der Waals surface area contributed by atoms with Crippen LogP contribution in [-0.2, 0) is 10.3 Å². The quantitative estimate of drug-likeness (QED) is 0.763. The van der Waals surface area contributed by atoms with E-state index in [1.165, 1.54) is 0 Å². The van der Waals surface area contributed by atoms with Crippen LogP contribution in [-0.4, -0.2) is 0 Å². The molecule has 3 heterocycles. The monoisotopic (exact) mass is 237 g/mol. The van der Waals surface area contributed by atoms with Crippen molar-refractivity contribution in [1.29, 1.82) is 0 Å². The minimum atomic E-state index is -0.429. The fourth-order valence-electron chi connectivity index (χ4n) is 2.51. The smallest absolute Gasteiger partial charge is 0.146 e. The third-order valence-corrected chi connectivity index (χ3v) is 3.40. The maximum absolute atomic E-state index is 6.01. The highest BCUT2D eigenvalue weighted by atomic mass is 16.5. The van der Waals surface area contributed by atoms with Crippen LogP contribution in [0.15, 0.2) is 59.6 Å². The van der Waals surface area contributed by atoms with Crippen molar-refractivity contribution in [2.75, 3.05) is 0 Å². The Labute approximate surface area is 104 Å². The summed E-state index contributed by atoms with van der Waals surface area (Å²) in [7, 11) is 0. The molecule has 2 aromatic rings. The predicted molar refractivity (Wildman–Crippen MR) is 69.4 cm³/mol. The van der Waals surface area contributed by atoms with E-state index in [1.807, 2.05) is 42.6 Å². The molecule has 0 radical (unpaired) electrons.